The van der Waals surface area contributed by atoms with E-state index < -0.39 is 0 Å². The van der Waals surface area contributed by atoms with Gasteiger partial charge in [-0.2, -0.15) is 0 Å². The van der Waals surface area contributed by atoms with Crippen LogP contribution in [0.1, 0.15) is 109 Å². The number of carbonyl (C=O) groups is 5. The third-order valence-corrected chi connectivity index (χ3v) is 7.38. The summed E-state index contributed by atoms with van der Waals surface area (Å²) >= 11 is 0. The van der Waals surface area contributed by atoms with Crippen LogP contribution in [0.5, 0.6) is 17.2 Å². The Hall–Kier alpha value is -6.15. The Labute approximate surface area is 322 Å². The second-order valence-corrected chi connectivity index (χ2v) is 11.1. The van der Waals surface area contributed by atoms with Gasteiger partial charge < -0.3 is 14.2 Å². The third-order valence-electron chi connectivity index (χ3n) is 7.38. The number of ether oxygens (including phenoxy) is 3. The van der Waals surface area contributed by atoms with Gasteiger partial charge in [0.2, 0.25) is 0 Å². The summed E-state index contributed by atoms with van der Waals surface area (Å²) in [6.45, 7) is 7.52. The third kappa shape index (κ3) is 16.9. The average Bonchev–Trinajstić information content (AvgIpc) is 3.15. The van der Waals surface area contributed by atoms with E-state index in [1.807, 2.05) is 48.5 Å². The maximum atomic E-state index is 10.9. The fourth-order valence-corrected chi connectivity index (χ4v) is 4.29. The van der Waals surface area contributed by atoms with Gasteiger partial charge in [-0.05, 0) is 100 Å². The molecule has 5 aromatic carbocycles. The van der Waals surface area contributed by atoms with Crippen molar-refractivity contribution in [3.63, 3.8) is 0 Å². The summed E-state index contributed by atoms with van der Waals surface area (Å²) in [6, 6.07) is 36.5. The quantitative estimate of drug-likeness (QED) is 0.137. The van der Waals surface area contributed by atoms with Crippen molar-refractivity contribution in [2.45, 2.75) is 56.9 Å². The molecule has 54 heavy (non-hydrogen) atoms. The molecular weight excluding hydrogens is 680 g/mol. The summed E-state index contributed by atoms with van der Waals surface area (Å²) in [5.41, 5.74) is 5.50. The van der Waals surface area contributed by atoms with Crippen LogP contribution in [0.3, 0.4) is 0 Å². The van der Waals surface area contributed by atoms with E-state index in [1.54, 1.807) is 101 Å². The molecule has 0 amide bonds. The van der Waals surface area contributed by atoms with Crippen molar-refractivity contribution < 1.29 is 38.2 Å². The van der Waals surface area contributed by atoms with E-state index in [2.05, 4.69) is 0 Å². The summed E-state index contributed by atoms with van der Waals surface area (Å²) in [4.78, 5) is 54.3. The minimum absolute atomic E-state index is 0. The summed E-state index contributed by atoms with van der Waals surface area (Å²) in [6.07, 6.45) is 0. The van der Waals surface area contributed by atoms with E-state index in [1.165, 1.54) is 38.8 Å². The molecular formula is C46H56O8. The molecule has 0 atom stereocenters. The van der Waals surface area contributed by atoms with Gasteiger partial charge in [-0.15, -0.1) is 0 Å². The maximum absolute atomic E-state index is 10.9. The van der Waals surface area contributed by atoms with E-state index in [9.17, 15) is 24.0 Å². The highest BCUT2D eigenvalue weighted by atomic mass is 16.5. The fraction of sp³-hybridized carbons (Fsp3) is 0.239. The van der Waals surface area contributed by atoms with E-state index in [0.29, 0.717) is 27.8 Å². The van der Waals surface area contributed by atoms with Crippen LogP contribution in [0.25, 0.3) is 11.1 Å². The predicted molar refractivity (Wildman–Crippen MR) is 221 cm³/mol. The van der Waals surface area contributed by atoms with Gasteiger partial charge in [0, 0.05) is 27.8 Å². The standard InChI is InChI=1S/C14H14O2.2C10H10O2.C9H10O2.3CH4/c1-15-13-7-3-11(4-8-13)12-5-9-14(16-2)10-6-12;1-7(11)9-3-5-10(6-4-9)8(2)12;1-7(11)9-4-3-5-10(6-9)8(2)12;1-7(10)8-3-5-9(11-2)6-4-8;;;/h3-10H,1-2H3;2*3-6H,1-2H3;3-6H,1-2H3;3*1H4. The molecule has 5 aromatic rings. The zero-order valence-electron chi connectivity index (χ0n) is 30.3. The highest BCUT2D eigenvalue weighted by Gasteiger charge is 2.03. The number of hydrogen-bond donors (Lipinski definition) is 0. The molecule has 0 radical (unpaired) electrons. The first-order chi connectivity index (χ1) is 24.3. The van der Waals surface area contributed by atoms with Crippen LogP contribution < -0.4 is 14.2 Å². The van der Waals surface area contributed by atoms with E-state index in [4.69, 9.17) is 14.2 Å². The number of Topliss-reactive ketones (excluding diaryl/α,β-unsaturated/α-hetero) is 5. The fourth-order valence-electron chi connectivity index (χ4n) is 4.29. The first-order valence-electron chi connectivity index (χ1n) is 16.0. The minimum Gasteiger partial charge on any atom is -0.497 e. The first-order valence-corrected chi connectivity index (χ1v) is 16.0. The lowest BCUT2D eigenvalue weighted by Crippen LogP contribution is -1.96. The zero-order valence-corrected chi connectivity index (χ0v) is 30.3. The van der Waals surface area contributed by atoms with Gasteiger partial charge in [0.1, 0.15) is 17.2 Å². The monoisotopic (exact) mass is 736 g/mol. The Balaban J connectivity index is 0. The van der Waals surface area contributed by atoms with Crippen molar-refractivity contribution >= 4 is 28.9 Å². The van der Waals surface area contributed by atoms with Crippen LogP contribution in [0.15, 0.2) is 121 Å². The normalized spacial score (nSPS) is 9.04. The smallest absolute Gasteiger partial charge is 0.159 e. The zero-order chi connectivity index (χ0) is 37.9. The molecule has 0 bridgehead atoms. The van der Waals surface area contributed by atoms with E-state index in [-0.39, 0.29) is 51.2 Å². The average molecular weight is 737 g/mol. The highest BCUT2D eigenvalue weighted by Crippen LogP contribution is 2.24. The lowest BCUT2D eigenvalue weighted by molar-refractivity contribution is 0.100. The van der Waals surface area contributed by atoms with Crippen molar-refractivity contribution in [3.8, 4) is 28.4 Å². The van der Waals surface area contributed by atoms with Gasteiger partial charge in [-0.25, -0.2) is 0 Å². The molecule has 0 unspecified atom stereocenters. The Kier molecular flexibility index (Phi) is 23.8. The molecule has 0 spiro atoms. The van der Waals surface area contributed by atoms with Gasteiger partial charge in [-0.3, -0.25) is 24.0 Å². The Bertz CT molecular complexity index is 1780. The Morgan fingerprint density at radius 3 is 0.778 bits per heavy atom. The SMILES string of the molecule is C.C.C.CC(=O)c1ccc(C(C)=O)cc1.CC(=O)c1cccc(C(C)=O)c1.COc1ccc(-c2ccc(OC)cc2)cc1.COc1ccc(C(C)=O)cc1. The van der Waals surface area contributed by atoms with Gasteiger partial charge >= 0.3 is 0 Å². The summed E-state index contributed by atoms with van der Waals surface area (Å²) in [5, 5.41) is 0. The molecule has 5 rings (SSSR count). The number of benzene rings is 5. The number of hydrogen-bond acceptors (Lipinski definition) is 8. The van der Waals surface area contributed by atoms with Crippen molar-refractivity contribution in [1.82, 2.24) is 0 Å². The molecule has 288 valence electrons. The first kappa shape index (κ1) is 50.0. The van der Waals surface area contributed by atoms with Crippen LogP contribution in [-0.2, 0) is 0 Å². The van der Waals surface area contributed by atoms with Gasteiger partial charge in [0.05, 0.1) is 21.3 Å². The molecule has 0 fully saturated rings. The Morgan fingerprint density at radius 1 is 0.333 bits per heavy atom. The number of ketones is 5. The lowest BCUT2D eigenvalue weighted by atomic mass is 10.1. The Morgan fingerprint density at radius 2 is 0.556 bits per heavy atom. The molecule has 0 saturated carbocycles. The highest BCUT2D eigenvalue weighted by molar-refractivity contribution is 5.99. The van der Waals surface area contributed by atoms with Gasteiger partial charge in [0.25, 0.3) is 0 Å². The van der Waals surface area contributed by atoms with E-state index >= 15 is 0 Å². The second-order valence-electron chi connectivity index (χ2n) is 11.1. The van der Waals surface area contributed by atoms with Crippen LogP contribution in [0.4, 0.5) is 0 Å². The lowest BCUT2D eigenvalue weighted by Gasteiger charge is -2.05. The van der Waals surface area contributed by atoms with Crippen LogP contribution in [0, 0.1) is 0 Å². The summed E-state index contributed by atoms with van der Waals surface area (Å²) in [7, 11) is 4.94. The van der Waals surface area contributed by atoms with Crippen LogP contribution in [0.2, 0.25) is 0 Å². The molecule has 0 aromatic heterocycles. The molecule has 8 heteroatoms. The molecule has 0 saturated heterocycles. The molecule has 0 aliphatic rings. The van der Waals surface area contributed by atoms with E-state index in [0.717, 1.165) is 17.2 Å². The molecule has 0 aliphatic heterocycles. The predicted octanol–water partition coefficient (Wildman–Crippen LogP) is 11.4. The summed E-state index contributed by atoms with van der Waals surface area (Å²) in [5.74, 6) is 2.60. The number of methoxy groups -OCH3 is 3. The largest absolute Gasteiger partial charge is 0.497 e. The molecule has 0 aliphatic carbocycles. The van der Waals surface area contributed by atoms with Crippen LogP contribution in [-0.4, -0.2) is 50.2 Å². The molecule has 0 N–H and O–H groups in total. The second kappa shape index (κ2) is 25.7. The van der Waals surface area contributed by atoms with Crippen molar-refractivity contribution in [2.75, 3.05) is 21.3 Å². The number of carbonyl (C=O) groups excluding carboxylic acids is 5. The maximum Gasteiger partial charge on any atom is 0.159 e. The van der Waals surface area contributed by atoms with Crippen LogP contribution >= 0.6 is 0 Å². The van der Waals surface area contributed by atoms with Crippen molar-refractivity contribution in [2.24, 2.45) is 0 Å². The van der Waals surface area contributed by atoms with Crippen molar-refractivity contribution in [3.05, 3.63) is 149 Å². The number of rotatable bonds is 9. The van der Waals surface area contributed by atoms with Gasteiger partial charge in [0.15, 0.2) is 28.9 Å². The molecule has 0 heterocycles. The van der Waals surface area contributed by atoms with Gasteiger partial charge in [-0.1, -0.05) is 89.0 Å². The van der Waals surface area contributed by atoms with Crippen molar-refractivity contribution in [1.29, 1.82) is 0 Å². The topological polar surface area (TPSA) is 113 Å². The minimum atomic E-state index is -0.0156. The molecule has 8 nitrogen and oxygen atoms in total. The summed E-state index contributed by atoms with van der Waals surface area (Å²) < 4.78 is 15.2.